The van der Waals surface area contributed by atoms with Gasteiger partial charge >= 0.3 is 0 Å². The second kappa shape index (κ2) is 11.6. The van der Waals surface area contributed by atoms with Gasteiger partial charge in [-0.2, -0.15) is 0 Å². The van der Waals surface area contributed by atoms with Crippen LogP contribution in [-0.2, 0) is 22.6 Å². The van der Waals surface area contributed by atoms with Crippen LogP contribution in [0.5, 0.6) is 5.75 Å². The van der Waals surface area contributed by atoms with Crippen molar-refractivity contribution in [3.8, 4) is 5.75 Å². The van der Waals surface area contributed by atoms with Gasteiger partial charge in [0.15, 0.2) is 0 Å². The number of morpholine rings is 1. The quantitative estimate of drug-likeness (QED) is 0.476. The summed E-state index contributed by atoms with van der Waals surface area (Å²) in [5.41, 5.74) is 2.31. The van der Waals surface area contributed by atoms with E-state index in [0.717, 1.165) is 16.9 Å². The lowest BCUT2D eigenvalue weighted by Gasteiger charge is -2.29. The van der Waals surface area contributed by atoms with Crippen molar-refractivity contribution in [3.05, 3.63) is 77.5 Å². The summed E-state index contributed by atoms with van der Waals surface area (Å²) < 4.78 is 10.6. The van der Waals surface area contributed by atoms with E-state index < -0.39 is 6.04 Å². The number of amides is 2. The average molecular weight is 520 g/mol. The van der Waals surface area contributed by atoms with Crippen molar-refractivity contribution in [2.75, 3.05) is 44.1 Å². The second-order valence-electron chi connectivity index (χ2n) is 8.80. The zero-order valence-corrected chi connectivity index (χ0v) is 21.4. The largest absolute Gasteiger partial charge is 0.497 e. The number of thioether (sulfide) groups is 1. The number of ether oxygens (including phenoxy) is 2. The lowest BCUT2D eigenvalue weighted by Crippen LogP contribution is -2.49. The zero-order valence-electron chi connectivity index (χ0n) is 20.6. The monoisotopic (exact) mass is 519 g/mol. The van der Waals surface area contributed by atoms with Crippen molar-refractivity contribution >= 4 is 29.5 Å². The summed E-state index contributed by atoms with van der Waals surface area (Å²) in [6.45, 7) is 3.31. The van der Waals surface area contributed by atoms with Crippen molar-refractivity contribution in [1.29, 1.82) is 0 Å². The molecule has 37 heavy (non-hydrogen) atoms. The number of carbonyl (C=O) groups excluding carboxylic acids is 2. The van der Waals surface area contributed by atoms with E-state index in [1.807, 2.05) is 54.6 Å². The van der Waals surface area contributed by atoms with Gasteiger partial charge in [-0.05, 0) is 23.3 Å². The molecule has 3 heterocycles. The molecule has 1 fully saturated rings. The Balaban J connectivity index is 1.38. The van der Waals surface area contributed by atoms with Crippen LogP contribution in [0.1, 0.15) is 21.5 Å². The fraction of sp³-hybridized carbons (Fsp3) is 0.333. The Morgan fingerprint density at radius 1 is 1.11 bits per heavy atom. The normalized spacial score (nSPS) is 17.6. The molecular weight excluding hydrogens is 490 g/mol. The van der Waals surface area contributed by atoms with E-state index in [2.05, 4.69) is 15.2 Å². The standard InChI is InChI=1S/C27H29N5O4S/c1-35-21-9-7-19(8-10-21)15-28-24(33)23-18-37-25-22(16-29-27(30-25)31-11-13-36-14-12-31)26(34)32(23)17-20-5-3-2-4-6-20/h2-10,16,23H,11-15,17-18H2,1H3,(H,28,33). The number of benzene rings is 2. The summed E-state index contributed by atoms with van der Waals surface area (Å²) >= 11 is 1.42. The minimum Gasteiger partial charge on any atom is -0.497 e. The molecule has 0 aliphatic carbocycles. The Morgan fingerprint density at radius 2 is 1.86 bits per heavy atom. The van der Waals surface area contributed by atoms with Crippen molar-refractivity contribution in [2.24, 2.45) is 0 Å². The van der Waals surface area contributed by atoms with E-state index in [1.165, 1.54) is 11.8 Å². The first-order chi connectivity index (χ1) is 18.1. The molecule has 9 nitrogen and oxygen atoms in total. The molecule has 1 unspecified atom stereocenters. The van der Waals surface area contributed by atoms with Gasteiger partial charge in [-0.15, -0.1) is 11.8 Å². The first-order valence-corrected chi connectivity index (χ1v) is 13.2. The van der Waals surface area contributed by atoms with Gasteiger partial charge in [0.1, 0.15) is 16.8 Å². The summed E-state index contributed by atoms with van der Waals surface area (Å²) in [5.74, 6) is 1.27. The second-order valence-corrected chi connectivity index (χ2v) is 9.81. The van der Waals surface area contributed by atoms with Gasteiger partial charge in [0.25, 0.3) is 5.91 Å². The highest BCUT2D eigenvalue weighted by molar-refractivity contribution is 7.99. The zero-order chi connectivity index (χ0) is 25.6. The van der Waals surface area contributed by atoms with Crippen molar-refractivity contribution < 1.29 is 19.1 Å². The number of anilines is 1. The van der Waals surface area contributed by atoms with Gasteiger partial charge in [-0.3, -0.25) is 9.59 Å². The SMILES string of the molecule is COc1ccc(CNC(=O)C2CSc3nc(N4CCOCC4)ncc3C(=O)N2Cc2ccccc2)cc1. The minimum atomic E-state index is -0.669. The molecule has 0 bridgehead atoms. The van der Waals surface area contributed by atoms with Crippen molar-refractivity contribution in [1.82, 2.24) is 20.2 Å². The Kier molecular flexibility index (Phi) is 7.86. The molecule has 3 aromatic rings. The van der Waals surface area contributed by atoms with Crippen LogP contribution in [0, 0.1) is 0 Å². The van der Waals surface area contributed by atoms with Crippen LogP contribution >= 0.6 is 11.8 Å². The van der Waals surface area contributed by atoms with Gasteiger partial charge in [-0.25, -0.2) is 9.97 Å². The van der Waals surface area contributed by atoms with Crippen LogP contribution in [-0.4, -0.2) is 71.9 Å². The molecule has 0 spiro atoms. The van der Waals surface area contributed by atoms with E-state index in [4.69, 9.17) is 14.5 Å². The number of aromatic nitrogens is 2. The number of methoxy groups -OCH3 is 1. The van der Waals surface area contributed by atoms with Crippen molar-refractivity contribution in [3.63, 3.8) is 0 Å². The fourth-order valence-electron chi connectivity index (χ4n) is 4.30. The highest BCUT2D eigenvalue weighted by atomic mass is 32.2. The number of carbonyl (C=O) groups is 2. The lowest BCUT2D eigenvalue weighted by atomic mass is 10.1. The molecular formula is C27H29N5O4S. The molecule has 5 rings (SSSR count). The van der Waals surface area contributed by atoms with E-state index in [9.17, 15) is 9.59 Å². The van der Waals surface area contributed by atoms with Gasteiger partial charge in [0.05, 0.1) is 25.9 Å². The number of hydrogen-bond acceptors (Lipinski definition) is 8. The average Bonchev–Trinajstić information content (AvgIpc) is 3.09. The third-order valence-electron chi connectivity index (χ3n) is 6.40. The summed E-state index contributed by atoms with van der Waals surface area (Å²) in [7, 11) is 1.62. The third kappa shape index (κ3) is 5.86. The maximum Gasteiger partial charge on any atom is 0.259 e. The summed E-state index contributed by atoms with van der Waals surface area (Å²) in [6, 6.07) is 16.6. The number of nitrogens with zero attached hydrogens (tertiary/aromatic N) is 4. The highest BCUT2D eigenvalue weighted by Gasteiger charge is 2.36. The number of nitrogens with one attached hydrogen (secondary N) is 1. The smallest absolute Gasteiger partial charge is 0.259 e. The van der Waals surface area contributed by atoms with Crippen LogP contribution in [0.25, 0.3) is 0 Å². The van der Waals surface area contributed by atoms with Crippen LogP contribution in [0.2, 0.25) is 0 Å². The predicted octanol–water partition coefficient (Wildman–Crippen LogP) is 2.75. The molecule has 1 saturated heterocycles. The Morgan fingerprint density at radius 3 is 2.59 bits per heavy atom. The van der Waals surface area contributed by atoms with Crippen LogP contribution < -0.4 is 15.0 Å². The first-order valence-electron chi connectivity index (χ1n) is 12.2. The fourth-order valence-corrected chi connectivity index (χ4v) is 5.39. The molecule has 10 heteroatoms. The highest BCUT2D eigenvalue weighted by Crippen LogP contribution is 2.31. The maximum atomic E-state index is 13.8. The number of fused-ring (bicyclic) bond motifs is 1. The van der Waals surface area contributed by atoms with Gasteiger partial charge in [0.2, 0.25) is 11.9 Å². The topological polar surface area (TPSA) is 96.9 Å². The molecule has 0 saturated carbocycles. The molecule has 2 aromatic carbocycles. The Labute approximate surface area is 220 Å². The molecule has 192 valence electrons. The predicted molar refractivity (Wildman–Crippen MR) is 141 cm³/mol. The summed E-state index contributed by atoms with van der Waals surface area (Å²) in [6.07, 6.45) is 1.60. The van der Waals surface area contributed by atoms with Gasteiger partial charge in [0, 0.05) is 38.1 Å². The maximum absolute atomic E-state index is 13.8. The lowest BCUT2D eigenvalue weighted by molar-refractivity contribution is -0.125. The first kappa shape index (κ1) is 25.0. The van der Waals surface area contributed by atoms with E-state index in [-0.39, 0.29) is 11.8 Å². The molecule has 2 aliphatic heterocycles. The van der Waals surface area contributed by atoms with E-state index in [1.54, 1.807) is 18.2 Å². The Bertz CT molecular complexity index is 1240. The number of hydrogen-bond donors (Lipinski definition) is 1. The summed E-state index contributed by atoms with van der Waals surface area (Å²) in [5, 5.41) is 3.62. The van der Waals surface area contributed by atoms with E-state index in [0.29, 0.717) is 61.7 Å². The van der Waals surface area contributed by atoms with E-state index >= 15 is 0 Å². The van der Waals surface area contributed by atoms with Crippen molar-refractivity contribution in [2.45, 2.75) is 24.2 Å². The molecule has 1 N–H and O–H groups in total. The molecule has 2 amide bonds. The molecule has 2 aliphatic rings. The van der Waals surface area contributed by atoms with Crippen LogP contribution in [0.15, 0.2) is 65.8 Å². The number of rotatable bonds is 7. The third-order valence-corrected chi connectivity index (χ3v) is 7.47. The van der Waals surface area contributed by atoms with Crippen LogP contribution in [0.4, 0.5) is 5.95 Å². The van der Waals surface area contributed by atoms with Gasteiger partial charge < -0.3 is 24.6 Å². The van der Waals surface area contributed by atoms with Crippen LogP contribution in [0.3, 0.4) is 0 Å². The minimum absolute atomic E-state index is 0.207. The Hall–Kier alpha value is -3.63. The molecule has 1 aromatic heterocycles. The summed E-state index contributed by atoms with van der Waals surface area (Å²) in [4.78, 5) is 40.2. The van der Waals surface area contributed by atoms with Gasteiger partial charge in [-0.1, -0.05) is 42.5 Å². The molecule has 1 atom stereocenters. The molecule has 0 radical (unpaired) electrons.